The summed E-state index contributed by atoms with van der Waals surface area (Å²) in [5.41, 5.74) is 12.8. The van der Waals surface area contributed by atoms with Crippen molar-refractivity contribution in [2.75, 3.05) is 11.4 Å². The Kier molecular flexibility index (Phi) is 3.62. The van der Waals surface area contributed by atoms with E-state index < -0.39 is 11.9 Å². The molecule has 1 unspecified atom stereocenters. The van der Waals surface area contributed by atoms with E-state index in [1.165, 1.54) is 0 Å². The van der Waals surface area contributed by atoms with Crippen LogP contribution >= 0.6 is 0 Å². The minimum Gasteiger partial charge on any atom is -0.370 e. The molecule has 0 aliphatic carbocycles. The number of fused-ring (bicyclic) bond motifs is 1. The van der Waals surface area contributed by atoms with E-state index in [1.807, 2.05) is 24.3 Å². The number of amides is 2. The summed E-state index contributed by atoms with van der Waals surface area (Å²) >= 11 is 0. The Morgan fingerprint density at radius 2 is 2.06 bits per heavy atom. The second-order valence-electron chi connectivity index (χ2n) is 4.50. The van der Waals surface area contributed by atoms with Crippen molar-refractivity contribution in [3.63, 3.8) is 0 Å². The summed E-state index contributed by atoms with van der Waals surface area (Å²) in [7, 11) is 0. The molecule has 1 aliphatic rings. The maximum absolute atomic E-state index is 12.2. The van der Waals surface area contributed by atoms with Gasteiger partial charge in [0.2, 0.25) is 11.8 Å². The molecule has 0 aromatic heterocycles. The number of nitrogens with two attached hydrogens (primary N) is 2. The highest BCUT2D eigenvalue weighted by molar-refractivity contribution is 6.00. The number of carbonyl (C=O) groups excluding carboxylic acids is 2. The molecule has 0 spiro atoms. The number of primary amides is 1. The molecule has 2 rings (SSSR count). The summed E-state index contributed by atoms with van der Waals surface area (Å²) < 4.78 is 0. The molecule has 0 fully saturated rings. The molecule has 96 valence electrons. The summed E-state index contributed by atoms with van der Waals surface area (Å²) in [6.07, 6.45) is 1.76. The topological polar surface area (TPSA) is 89.4 Å². The van der Waals surface area contributed by atoms with Gasteiger partial charge in [-0.1, -0.05) is 18.2 Å². The van der Waals surface area contributed by atoms with E-state index in [0.717, 1.165) is 24.1 Å². The number of benzene rings is 1. The van der Waals surface area contributed by atoms with E-state index in [0.29, 0.717) is 6.54 Å². The van der Waals surface area contributed by atoms with Gasteiger partial charge in [-0.25, -0.2) is 0 Å². The van der Waals surface area contributed by atoms with Crippen LogP contribution in [0.15, 0.2) is 24.3 Å². The van der Waals surface area contributed by atoms with Crippen molar-refractivity contribution in [2.24, 2.45) is 11.5 Å². The van der Waals surface area contributed by atoms with Gasteiger partial charge in [-0.3, -0.25) is 9.59 Å². The summed E-state index contributed by atoms with van der Waals surface area (Å²) in [6.45, 7) is 0.641. The van der Waals surface area contributed by atoms with Gasteiger partial charge >= 0.3 is 0 Å². The molecule has 18 heavy (non-hydrogen) atoms. The van der Waals surface area contributed by atoms with Crippen molar-refractivity contribution in [3.05, 3.63) is 29.8 Å². The summed E-state index contributed by atoms with van der Waals surface area (Å²) in [5.74, 6) is -0.790. The quantitative estimate of drug-likeness (QED) is 0.797. The Morgan fingerprint density at radius 1 is 1.33 bits per heavy atom. The normalized spacial score (nSPS) is 15.9. The molecule has 5 nitrogen and oxygen atoms in total. The zero-order valence-electron chi connectivity index (χ0n) is 10.1. The van der Waals surface area contributed by atoms with Crippen LogP contribution in [-0.4, -0.2) is 24.4 Å². The standard InChI is InChI=1S/C13H17N3O2/c14-10(8-12(15)17)13(18)16-7-3-5-9-4-1-2-6-11(9)16/h1-2,4,6,10H,3,5,7-8,14H2,(H2,15,17). The monoisotopic (exact) mass is 247 g/mol. The van der Waals surface area contributed by atoms with Crippen molar-refractivity contribution < 1.29 is 9.59 Å². The van der Waals surface area contributed by atoms with Crippen molar-refractivity contribution in [2.45, 2.75) is 25.3 Å². The zero-order chi connectivity index (χ0) is 13.1. The fourth-order valence-electron chi connectivity index (χ4n) is 2.27. The van der Waals surface area contributed by atoms with E-state index in [1.54, 1.807) is 4.90 Å². The molecule has 1 aromatic rings. The smallest absolute Gasteiger partial charge is 0.244 e. The number of carbonyl (C=O) groups is 2. The highest BCUT2D eigenvalue weighted by Crippen LogP contribution is 2.27. The number of hydrogen-bond donors (Lipinski definition) is 2. The van der Waals surface area contributed by atoms with Crippen LogP contribution in [0.4, 0.5) is 5.69 Å². The Balaban J connectivity index is 2.20. The van der Waals surface area contributed by atoms with Crippen molar-refractivity contribution >= 4 is 17.5 Å². The molecule has 1 aromatic carbocycles. The maximum Gasteiger partial charge on any atom is 0.244 e. The zero-order valence-corrected chi connectivity index (χ0v) is 10.1. The molecule has 0 radical (unpaired) electrons. The number of anilines is 1. The SMILES string of the molecule is NC(=O)CC(N)C(=O)N1CCCc2ccccc21. The second kappa shape index (κ2) is 5.18. The van der Waals surface area contributed by atoms with Gasteiger partial charge in [0.1, 0.15) is 0 Å². The summed E-state index contributed by atoms with van der Waals surface area (Å²) in [4.78, 5) is 24.7. The molecule has 1 heterocycles. The number of rotatable bonds is 3. The van der Waals surface area contributed by atoms with Gasteiger partial charge < -0.3 is 16.4 Å². The molecule has 0 bridgehead atoms. The third kappa shape index (κ3) is 2.51. The molecule has 1 aliphatic heterocycles. The first-order valence-corrected chi connectivity index (χ1v) is 6.03. The number of aryl methyl sites for hydroxylation is 1. The van der Waals surface area contributed by atoms with Crippen molar-refractivity contribution in [3.8, 4) is 0 Å². The van der Waals surface area contributed by atoms with Crippen molar-refractivity contribution in [1.82, 2.24) is 0 Å². The van der Waals surface area contributed by atoms with Gasteiger partial charge in [0.25, 0.3) is 0 Å². The van der Waals surface area contributed by atoms with Gasteiger partial charge in [0.05, 0.1) is 12.5 Å². The van der Waals surface area contributed by atoms with Crippen LogP contribution in [0.3, 0.4) is 0 Å². The third-order valence-electron chi connectivity index (χ3n) is 3.11. The third-order valence-corrected chi connectivity index (χ3v) is 3.11. The number of hydrogen-bond acceptors (Lipinski definition) is 3. The summed E-state index contributed by atoms with van der Waals surface area (Å²) in [5, 5.41) is 0. The molecule has 1 atom stereocenters. The van der Waals surface area contributed by atoms with E-state index in [-0.39, 0.29) is 12.3 Å². The van der Waals surface area contributed by atoms with Crippen LogP contribution in [-0.2, 0) is 16.0 Å². The molecule has 5 heteroatoms. The van der Waals surface area contributed by atoms with Crippen molar-refractivity contribution in [1.29, 1.82) is 0 Å². The predicted octanol–water partition coefficient (Wildman–Crippen LogP) is 0.169. The highest BCUT2D eigenvalue weighted by Gasteiger charge is 2.27. The van der Waals surface area contributed by atoms with Crippen LogP contribution in [0.25, 0.3) is 0 Å². The van der Waals surface area contributed by atoms with Crippen LogP contribution in [0.2, 0.25) is 0 Å². The minimum atomic E-state index is -0.853. The first-order valence-electron chi connectivity index (χ1n) is 6.03. The van der Waals surface area contributed by atoms with E-state index >= 15 is 0 Å². The fourth-order valence-corrected chi connectivity index (χ4v) is 2.27. The largest absolute Gasteiger partial charge is 0.370 e. The lowest BCUT2D eigenvalue weighted by molar-refractivity contribution is -0.124. The average molecular weight is 247 g/mol. The Hall–Kier alpha value is -1.88. The second-order valence-corrected chi connectivity index (χ2v) is 4.50. The molecule has 4 N–H and O–H groups in total. The van der Waals surface area contributed by atoms with Gasteiger partial charge in [0.15, 0.2) is 0 Å². The minimum absolute atomic E-state index is 0.114. The molecule has 0 saturated heterocycles. The number of nitrogens with zero attached hydrogens (tertiary/aromatic N) is 1. The van der Waals surface area contributed by atoms with E-state index in [9.17, 15) is 9.59 Å². The van der Waals surface area contributed by atoms with E-state index in [2.05, 4.69) is 0 Å². The van der Waals surface area contributed by atoms with Gasteiger partial charge in [-0.05, 0) is 24.5 Å². The molecule has 2 amide bonds. The Morgan fingerprint density at radius 3 is 2.78 bits per heavy atom. The van der Waals surface area contributed by atoms with Gasteiger partial charge in [-0.2, -0.15) is 0 Å². The van der Waals surface area contributed by atoms with Crippen LogP contribution < -0.4 is 16.4 Å². The summed E-state index contributed by atoms with van der Waals surface area (Å²) in [6, 6.07) is 6.91. The predicted molar refractivity (Wildman–Crippen MR) is 68.9 cm³/mol. The lowest BCUT2D eigenvalue weighted by Crippen LogP contribution is -2.47. The van der Waals surface area contributed by atoms with E-state index in [4.69, 9.17) is 11.5 Å². The van der Waals surface area contributed by atoms with Gasteiger partial charge in [0, 0.05) is 12.2 Å². The first kappa shape index (κ1) is 12.6. The molecule has 0 saturated carbocycles. The Bertz CT molecular complexity index is 473. The molecular weight excluding hydrogens is 230 g/mol. The van der Waals surface area contributed by atoms with Crippen LogP contribution in [0.1, 0.15) is 18.4 Å². The molecular formula is C13H17N3O2. The lowest BCUT2D eigenvalue weighted by atomic mass is 10.0. The average Bonchev–Trinajstić information content (AvgIpc) is 2.36. The lowest BCUT2D eigenvalue weighted by Gasteiger charge is -2.31. The fraction of sp³-hybridized carbons (Fsp3) is 0.385. The maximum atomic E-state index is 12.2. The van der Waals surface area contributed by atoms with Crippen LogP contribution in [0, 0.1) is 0 Å². The van der Waals surface area contributed by atoms with Gasteiger partial charge in [-0.15, -0.1) is 0 Å². The number of para-hydroxylation sites is 1. The Labute approximate surface area is 106 Å². The van der Waals surface area contributed by atoms with Crippen LogP contribution in [0.5, 0.6) is 0 Å². The highest BCUT2D eigenvalue weighted by atomic mass is 16.2. The first-order chi connectivity index (χ1) is 8.59.